The van der Waals surface area contributed by atoms with E-state index in [-0.39, 0.29) is 0 Å². The van der Waals surface area contributed by atoms with Crippen molar-refractivity contribution in [1.82, 2.24) is 19.7 Å². The first-order valence-corrected chi connectivity index (χ1v) is 8.03. The molecule has 0 amide bonds. The van der Waals surface area contributed by atoms with E-state index in [0.29, 0.717) is 0 Å². The molecule has 0 radical (unpaired) electrons. The number of hydrogen-bond acceptors (Lipinski definition) is 4. The molecule has 23 heavy (non-hydrogen) atoms. The first-order valence-electron chi connectivity index (χ1n) is 8.03. The molecule has 2 aromatic heterocycles. The van der Waals surface area contributed by atoms with Crippen molar-refractivity contribution in [1.29, 1.82) is 0 Å². The van der Waals surface area contributed by atoms with Gasteiger partial charge in [0.25, 0.3) is 0 Å². The van der Waals surface area contributed by atoms with E-state index in [1.165, 1.54) is 17.5 Å². The largest absolute Gasteiger partial charge is 0.370 e. The average Bonchev–Trinajstić information content (AvgIpc) is 2.78. The molecule has 0 spiro atoms. The van der Waals surface area contributed by atoms with Gasteiger partial charge in [-0.15, -0.1) is 0 Å². The molecular formula is C18H19N5. The number of rotatable bonds is 2. The van der Waals surface area contributed by atoms with Gasteiger partial charge in [0, 0.05) is 24.5 Å². The van der Waals surface area contributed by atoms with Gasteiger partial charge in [-0.3, -0.25) is 9.97 Å². The molecule has 4 rings (SSSR count). The summed E-state index contributed by atoms with van der Waals surface area (Å²) in [5.41, 5.74) is 5.32. The van der Waals surface area contributed by atoms with E-state index in [2.05, 4.69) is 46.5 Å². The number of para-hydroxylation sites is 1. The van der Waals surface area contributed by atoms with Crippen LogP contribution in [0, 0.1) is 6.92 Å². The minimum atomic E-state index is 0.833. The first kappa shape index (κ1) is 13.9. The van der Waals surface area contributed by atoms with Gasteiger partial charge in [0.05, 0.1) is 11.9 Å². The summed E-state index contributed by atoms with van der Waals surface area (Å²) < 4.78 is 2.03. The Morgan fingerprint density at radius 1 is 1.13 bits per heavy atom. The van der Waals surface area contributed by atoms with Crippen molar-refractivity contribution in [3.05, 3.63) is 54.0 Å². The Kier molecular flexibility index (Phi) is 3.54. The Balaban J connectivity index is 1.94. The molecule has 1 aliphatic heterocycles. The molecular weight excluding hydrogens is 286 g/mol. The molecule has 5 heteroatoms. The Labute approximate surface area is 135 Å². The number of aryl methyl sites for hydroxylation is 1. The maximum Gasteiger partial charge on any atom is 0.133 e. The van der Waals surface area contributed by atoms with Crippen molar-refractivity contribution in [3.8, 4) is 17.1 Å². The Morgan fingerprint density at radius 2 is 2.04 bits per heavy atom. The smallest absolute Gasteiger partial charge is 0.133 e. The van der Waals surface area contributed by atoms with Gasteiger partial charge in [0.1, 0.15) is 17.2 Å². The highest BCUT2D eigenvalue weighted by molar-refractivity contribution is 5.68. The van der Waals surface area contributed by atoms with E-state index in [1.54, 1.807) is 18.6 Å². The quantitative estimate of drug-likeness (QED) is 0.788. The van der Waals surface area contributed by atoms with Crippen molar-refractivity contribution in [2.24, 2.45) is 0 Å². The second-order valence-corrected chi connectivity index (χ2v) is 5.85. The second kappa shape index (κ2) is 5.83. The van der Waals surface area contributed by atoms with Gasteiger partial charge in [-0.25, -0.2) is 4.68 Å². The first-order chi connectivity index (χ1) is 11.3. The van der Waals surface area contributed by atoms with Gasteiger partial charge >= 0.3 is 0 Å². The SMILES string of the molecule is Cc1ccccc1-n1nc(-c2cnccn2)c2c1NCCCC2. The maximum atomic E-state index is 4.89. The van der Waals surface area contributed by atoms with E-state index < -0.39 is 0 Å². The van der Waals surface area contributed by atoms with Crippen molar-refractivity contribution in [3.63, 3.8) is 0 Å². The summed E-state index contributed by atoms with van der Waals surface area (Å²) in [7, 11) is 0. The van der Waals surface area contributed by atoms with Crippen LogP contribution in [0.3, 0.4) is 0 Å². The fraction of sp³-hybridized carbons (Fsp3) is 0.278. The van der Waals surface area contributed by atoms with Crippen LogP contribution in [0.1, 0.15) is 24.0 Å². The van der Waals surface area contributed by atoms with E-state index in [0.717, 1.165) is 42.3 Å². The summed E-state index contributed by atoms with van der Waals surface area (Å²) >= 11 is 0. The Hall–Kier alpha value is -2.69. The minimum Gasteiger partial charge on any atom is -0.370 e. The number of nitrogens with one attached hydrogen (secondary N) is 1. The third-order valence-corrected chi connectivity index (χ3v) is 4.28. The van der Waals surface area contributed by atoms with Crippen molar-refractivity contribution in [2.45, 2.75) is 26.2 Å². The molecule has 1 N–H and O–H groups in total. The van der Waals surface area contributed by atoms with Gasteiger partial charge < -0.3 is 5.32 Å². The molecule has 1 aliphatic rings. The number of fused-ring (bicyclic) bond motifs is 1. The van der Waals surface area contributed by atoms with Crippen LogP contribution >= 0.6 is 0 Å². The lowest BCUT2D eigenvalue weighted by Gasteiger charge is -2.11. The van der Waals surface area contributed by atoms with Crippen molar-refractivity contribution >= 4 is 5.82 Å². The Bertz CT molecular complexity index is 823. The molecule has 3 heterocycles. The molecule has 3 aromatic rings. The van der Waals surface area contributed by atoms with Gasteiger partial charge in [-0.2, -0.15) is 5.10 Å². The summed E-state index contributed by atoms with van der Waals surface area (Å²) in [5.74, 6) is 1.09. The van der Waals surface area contributed by atoms with Crippen LogP contribution in [0.25, 0.3) is 17.1 Å². The topological polar surface area (TPSA) is 55.6 Å². The zero-order valence-electron chi connectivity index (χ0n) is 13.2. The fourth-order valence-electron chi connectivity index (χ4n) is 3.10. The molecule has 1 aromatic carbocycles. The van der Waals surface area contributed by atoms with Crippen LogP contribution in [-0.2, 0) is 6.42 Å². The summed E-state index contributed by atoms with van der Waals surface area (Å²) in [4.78, 5) is 8.65. The molecule has 0 saturated heterocycles. The highest BCUT2D eigenvalue weighted by Crippen LogP contribution is 2.33. The summed E-state index contributed by atoms with van der Waals surface area (Å²) in [5, 5.41) is 8.45. The number of hydrogen-bond donors (Lipinski definition) is 1. The van der Waals surface area contributed by atoms with Gasteiger partial charge in [0.2, 0.25) is 0 Å². The van der Waals surface area contributed by atoms with Crippen LogP contribution in [-0.4, -0.2) is 26.3 Å². The van der Waals surface area contributed by atoms with Crippen molar-refractivity contribution < 1.29 is 0 Å². The molecule has 116 valence electrons. The average molecular weight is 305 g/mol. The normalized spacial score (nSPS) is 14.0. The molecule has 0 atom stereocenters. The zero-order chi connectivity index (χ0) is 15.6. The van der Waals surface area contributed by atoms with E-state index >= 15 is 0 Å². The molecule has 0 aliphatic carbocycles. The Morgan fingerprint density at radius 3 is 2.87 bits per heavy atom. The number of aromatic nitrogens is 4. The van der Waals surface area contributed by atoms with Crippen LogP contribution in [0.2, 0.25) is 0 Å². The number of nitrogens with zero attached hydrogens (tertiary/aromatic N) is 4. The molecule has 0 bridgehead atoms. The fourth-order valence-corrected chi connectivity index (χ4v) is 3.10. The predicted molar refractivity (Wildman–Crippen MR) is 90.8 cm³/mol. The van der Waals surface area contributed by atoms with E-state index in [4.69, 9.17) is 5.10 Å². The van der Waals surface area contributed by atoms with E-state index in [1.807, 2.05) is 4.68 Å². The molecule has 5 nitrogen and oxygen atoms in total. The van der Waals surface area contributed by atoms with Crippen LogP contribution in [0.15, 0.2) is 42.9 Å². The zero-order valence-corrected chi connectivity index (χ0v) is 13.2. The van der Waals surface area contributed by atoms with Gasteiger partial charge in [-0.1, -0.05) is 18.2 Å². The predicted octanol–water partition coefficient (Wildman–Crippen LogP) is 3.39. The molecule has 0 unspecified atom stereocenters. The lowest BCUT2D eigenvalue weighted by Crippen LogP contribution is -2.08. The standard InChI is InChI=1S/C18H19N5/c1-13-6-2-3-8-16(13)23-18-14(7-4-5-9-21-18)17(22-23)15-12-19-10-11-20-15/h2-3,6,8,10-12,21H,4-5,7,9H2,1H3. The lowest BCUT2D eigenvalue weighted by molar-refractivity contribution is 0.779. The third kappa shape index (κ3) is 2.48. The maximum absolute atomic E-state index is 4.89. The summed E-state index contributed by atoms with van der Waals surface area (Å²) in [6, 6.07) is 8.32. The van der Waals surface area contributed by atoms with Crippen LogP contribution in [0.5, 0.6) is 0 Å². The number of anilines is 1. The highest BCUT2D eigenvalue weighted by atomic mass is 15.3. The number of benzene rings is 1. The minimum absolute atomic E-state index is 0.833. The van der Waals surface area contributed by atoms with Gasteiger partial charge in [0.15, 0.2) is 0 Å². The highest BCUT2D eigenvalue weighted by Gasteiger charge is 2.22. The second-order valence-electron chi connectivity index (χ2n) is 5.85. The lowest BCUT2D eigenvalue weighted by atomic mass is 10.1. The summed E-state index contributed by atoms with van der Waals surface area (Å²) in [6.07, 6.45) is 8.54. The van der Waals surface area contributed by atoms with Gasteiger partial charge in [-0.05, 0) is 37.8 Å². The van der Waals surface area contributed by atoms with Crippen molar-refractivity contribution in [2.75, 3.05) is 11.9 Å². The van der Waals surface area contributed by atoms with E-state index in [9.17, 15) is 0 Å². The summed E-state index contributed by atoms with van der Waals surface area (Å²) in [6.45, 7) is 3.09. The molecule has 0 fully saturated rings. The molecule has 0 saturated carbocycles. The van der Waals surface area contributed by atoms with Crippen LogP contribution in [0.4, 0.5) is 5.82 Å². The van der Waals surface area contributed by atoms with Crippen LogP contribution < -0.4 is 5.32 Å². The third-order valence-electron chi connectivity index (χ3n) is 4.28. The monoisotopic (exact) mass is 305 g/mol.